The molecule has 0 fully saturated rings. The van der Waals surface area contributed by atoms with Gasteiger partial charge >= 0.3 is 0 Å². The summed E-state index contributed by atoms with van der Waals surface area (Å²) in [6.45, 7) is 2.50. The molecule has 0 atom stereocenters. The van der Waals surface area contributed by atoms with Crippen molar-refractivity contribution in [3.8, 4) is 0 Å². The first kappa shape index (κ1) is 18.9. The Hall–Kier alpha value is -2.87. The van der Waals surface area contributed by atoms with Crippen LogP contribution < -0.4 is 16.0 Å². The molecule has 0 saturated heterocycles. The van der Waals surface area contributed by atoms with E-state index in [9.17, 15) is 14.4 Å². The van der Waals surface area contributed by atoms with Crippen LogP contribution in [0, 0.1) is 0 Å². The number of carbonyl (C=O) groups is 3. The van der Waals surface area contributed by atoms with Gasteiger partial charge in [0.1, 0.15) is 5.00 Å². The third-order valence-electron chi connectivity index (χ3n) is 4.62. The Bertz CT molecular complexity index is 902. The smallest absolute Gasteiger partial charge is 0.256 e. The second kappa shape index (κ2) is 7.40. The SMILES string of the molecule is CC(=O)N1CCc2c(sc(NC(=O)c3ccc(N(C)C)cc3)c2C(N)=O)C1. The molecule has 27 heavy (non-hydrogen) atoms. The number of thiophene rings is 1. The molecule has 0 saturated carbocycles. The van der Waals surface area contributed by atoms with Crippen molar-refractivity contribution in [3.05, 3.63) is 45.8 Å². The number of nitrogens with one attached hydrogen (secondary N) is 1. The van der Waals surface area contributed by atoms with E-state index in [1.807, 2.05) is 31.1 Å². The fourth-order valence-corrected chi connectivity index (χ4v) is 4.37. The lowest BCUT2D eigenvalue weighted by molar-refractivity contribution is -0.129. The predicted molar refractivity (Wildman–Crippen MR) is 106 cm³/mol. The molecule has 0 bridgehead atoms. The molecule has 3 rings (SSSR count). The van der Waals surface area contributed by atoms with Crippen molar-refractivity contribution >= 4 is 39.7 Å². The van der Waals surface area contributed by atoms with Gasteiger partial charge in [0.25, 0.3) is 11.8 Å². The van der Waals surface area contributed by atoms with Crippen molar-refractivity contribution in [1.82, 2.24) is 4.90 Å². The van der Waals surface area contributed by atoms with Gasteiger partial charge in [-0.25, -0.2) is 0 Å². The van der Waals surface area contributed by atoms with Crippen molar-refractivity contribution in [2.75, 3.05) is 30.9 Å². The van der Waals surface area contributed by atoms with Crippen molar-refractivity contribution < 1.29 is 14.4 Å². The number of fused-ring (bicyclic) bond motifs is 1. The van der Waals surface area contributed by atoms with Crippen molar-refractivity contribution in [1.29, 1.82) is 0 Å². The van der Waals surface area contributed by atoms with E-state index < -0.39 is 5.91 Å². The number of benzene rings is 1. The first-order valence-corrected chi connectivity index (χ1v) is 9.38. The number of nitrogens with two attached hydrogens (primary N) is 1. The predicted octanol–water partition coefficient (Wildman–Crippen LogP) is 2.07. The van der Waals surface area contributed by atoms with Gasteiger partial charge in [0, 0.05) is 43.7 Å². The fourth-order valence-electron chi connectivity index (χ4n) is 3.11. The molecule has 0 unspecified atom stereocenters. The number of primary amides is 1. The van der Waals surface area contributed by atoms with Gasteiger partial charge in [0.15, 0.2) is 0 Å². The Kier molecular flexibility index (Phi) is 5.18. The third-order valence-corrected chi connectivity index (χ3v) is 5.75. The first-order chi connectivity index (χ1) is 12.8. The molecule has 1 aliphatic rings. The largest absolute Gasteiger partial charge is 0.378 e. The highest BCUT2D eigenvalue weighted by Gasteiger charge is 2.28. The molecule has 1 aromatic carbocycles. The lowest BCUT2D eigenvalue weighted by Crippen LogP contribution is -2.34. The Labute approximate surface area is 161 Å². The number of rotatable bonds is 4. The van der Waals surface area contributed by atoms with Gasteiger partial charge in [-0.2, -0.15) is 0 Å². The van der Waals surface area contributed by atoms with Gasteiger partial charge in [0.2, 0.25) is 5.91 Å². The highest BCUT2D eigenvalue weighted by Crippen LogP contribution is 2.37. The van der Waals surface area contributed by atoms with E-state index in [1.54, 1.807) is 17.0 Å². The van der Waals surface area contributed by atoms with E-state index in [0.717, 1.165) is 16.1 Å². The van der Waals surface area contributed by atoms with Crippen molar-refractivity contribution in [3.63, 3.8) is 0 Å². The Morgan fingerprint density at radius 2 is 1.85 bits per heavy atom. The van der Waals surface area contributed by atoms with Gasteiger partial charge in [-0.15, -0.1) is 11.3 Å². The van der Waals surface area contributed by atoms with Crippen LogP contribution in [0.4, 0.5) is 10.7 Å². The molecule has 7 nitrogen and oxygen atoms in total. The van der Waals surface area contributed by atoms with Crippen LogP contribution in [-0.4, -0.2) is 43.3 Å². The van der Waals surface area contributed by atoms with E-state index in [-0.39, 0.29) is 11.8 Å². The molecule has 2 heterocycles. The standard InChI is InChI=1S/C19H22N4O3S/c1-11(24)23-9-8-14-15(10-23)27-19(16(14)17(20)25)21-18(26)12-4-6-13(7-5-12)22(2)3/h4-7H,8-10H2,1-3H3,(H2,20,25)(H,21,26). The number of hydrogen-bond acceptors (Lipinski definition) is 5. The Balaban J connectivity index is 1.87. The molecular formula is C19H22N4O3S. The zero-order valence-electron chi connectivity index (χ0n) is 15.5. The van der Waals surface area contributed by atoms with Gasteiger partial charge in [-0.1, -0.05) is 0 Å². The highest BCUT2D eigenvalue weighted by molar-refractivity contribution is 7.17. The maximum Gasteiger partial charge on any atom is 0.256 e. The lowest BCUT2D eigenvalue weighted by Gasteiger charge is -2.25. The van der Waals surface area contributed by atoms with E-state index in [1.165, 1.54) is 18.3 Å². The minimum Gasteiger partial charge on any atom is -0.378 e. The molecule has 3 N–H and O–H groups in total. The molecule has 1 aromatic heterocycles. The quantitative estimate of drug-likeness (QED) is 0.841. The van der Waals surface area contributed by atoms with Crippen LogP contribution >= 0.6 is 11.3 Å². The van der Waals surface area contributed by atoms with Crippen LogP contribution in [-0.2, 0) is 17.8 Å². The Morgan fingerprint density at radius 3 is 2.41 bits per heavy atom. The number of amides is 3. The number of hydrogen-bond donors (Lipinski definition) is 2. The lowest BCUT2D eigenvalue weighted by atomic mass is 10.0. The summed E-state index contributed by atoms with van der Waals surface area (Å²) in [6.07, 6.45) is 0.553. The van der Waals surface area contributed by atoms with Crippen LogP contribution in [0.3, 0.4) is 0 Å². The second-order valence-corrected chi connectivity index (χ2v) is 7.76. The number of nitrogens with zero attached hydrogens (tertiary/aromatic N) is 2. The summed E-state index contributed by atoms with van der Waals surface area (Å²) in [7, 11) is 3.85. The van der Waals surface area contributed by atoms with E-state index in [4.69, 9.17) is 5.73 Å². The van der Waals surface area contributed by atoms with Gasteiger partial charge in [0.05, 0.1) is 12.1 Å². The van der Waals surface area contributed by atoms with Crippen LogP contribution in [0.5, 0.6) is 0 Å². The minimum atomic E-state index is -0.568. The maximum absolute atomic E-state index is 12.6. The van der Waals surface area contributed by atoms with Gasteiger partial charge in [-0.3, -0.25) is 14.4 Å². The average molecular weight is 386 g/mol. The summed E-state index contributed by atoms with van der Waals surface area (Å²) in [5.41, 5.74) is 8.25. The first-order valence-electron chi connectivity index (χ1n) is 8.56. The number of anilines is 2. The topological polar surface area (TPSA) is 95.7 Å². The Morgan fingerprint density at radius 1 is 1.19 bits per heavy atom. The molecule has 142 valence electrons. The summed E-state index contributed by atoms with van der Waals surface area (Å²) in [5, 5.41) is 3.26. The van der Waals surface area contributed by atoms with Crippen molar-refractivity contribution in [2.24, 2.45) is 5.73 Å². The van der Waals surface area contributed by atoms with Crippen LogP contribution in [0.1, 0.15) is 38.1 Å². The minimum absolute atomic E-state index is 0.0127. The van der Waals surface area contributed by atoms with E-state index in [2.05, 4.69) is 5.32 Å². The summed E-state index contributed by atoms with van der Waals surface area (Å²) in [6, 6.07) is 7.18. The zero-order chi connectivity index (χ0) is 19.7. The molecule has 0 radical (unpaired) electrons. The summed E-state index contributed by atoms with van der Waals surface area (Å²) < 4.78 is 0. The molecule has 3 amide bonds. The van der Waals surface area contributed by atoms with E-state index >= 15 is 0 Å². The van der Waals surface area contributed by atoms with Crippen molar-refractivity contribution in [2.45, 2.75) is 19.9 Å². The third kappa shape index (κ3) is 3.80. The van der Waals surface area contributed by atoms with Crippen LogP contribution in [0.15, 0.2) is 24.3 Å². The molecule has 8 heteroatoms. The summed E-state index contributed by atoms with van der Waals surface area (Å²) >= 11 is 1.31. The van der Waals surface area contributed by atoms with E-state index in [0.29, 0.717) is 35.6 Å². The fraction of sp³-hybridized carbons (Fsp3) is 0.316. The average Bonchev–Trinajstić information content (AvgIpc) is 2.98. The normalized spacial score (nSPS) is 13.1. The monoisotopic (exact) mass is 386 g/mol. The molecule has 0 aliphatic carbocycles. The molecular weight excluding hydrogens is 364 g/mol. The number of carbonyl (C=O) groups excluding carboxylic acids is 3. The van der Waals surface area contributed by atoms with Crippen LogP contribution in [0.2, 0.25) is 0 Å². The maximum atomic E-state index is 12.6. The second-order valence-electron chi connectivity index (χ2n) is 6.66. The van der Waals surface area contributed by atoms with Crippen LogP contribution in [0.25, 0.3) is 0 Å². The van der Waals surface area contributed by atoms with Gasteiger partial charge < -0.3 is 20.9 Å². The zero-order valence-corrected chi connectivity index (χ0v) is 16.4. The molecule has 1 aliphatic heterocycles. The molecule has 0 spiro atoms. The molecule has 2 aromatic rings. The highest BCUT2D eigenvalue weighted by atomic mass is 32.1. The summed E-state index contributed by atoms with van der Waals surface area (Å²) in [5.74, 6) is -0.881. The summed E-state index contributed by atoms with van der Waals surface area (Å²) in [4.78, 5) is 40.8. The van der Waals surface area contributed by atoms with Gasteiger partial charge in [-0.05, 0) is 36.2 Å².